The molecule has 86 valence electrons. The highest BCUT2D eigenvalue weighted by Gasteiger charge is 2.30. The molecule has 4 heteroatoms. The van der Waals surface area contributed by atoms with Gasteiger partial charge < -0.3 is 4.90 Å². The second-order valence-corrected chi connectivity index (χ2v) is 4.41. The van der Waals surface area contributed by atoms with E-state index in [1.165, 1.54) is 0 Å². The largest absolute Gasteiger partial charge is 0.310 e. The summed E-state index contributed by atoms with van der Waals surface area (Å²) < 4.78 is 0. The summed E-state index contributed by atoms with van der Waals surface area (Å²) in [6.07, 6.45) is 2.23. The van der Waals surface area contributed by atoms with E-state index in [-0.39, 0.29) is 11.8 Å². The fourth-order valence-electron chi connectivity index (χ4n) is 1.96. The number of nitriles is 1. The summed E-state index contributed by atoms with van der Waals surface area (Å²) >= 11 is 5.82. The van der Waals surface area contributed by atoms with E-state index in [2.05, 4.69) is 12.6 Å². The molecule has 1 amide bonds. The van der Waals surface area contributed by atoms with E-state index in [0.717, 1.165) is 0 Å². The molecule has 1 aromatic carbocycles. The number of amides is 1. The van der Waals surface area contributed by atoms with E-state index in [4.69, 9.17) is 16.9 Å². The van der Waals surface area contributed by atoms with Crippen LogP contribution in [0.4, 0.5) is 5.69 Å². The van der Waals surface area contributed by atoms with Crippen LogP contribution in [0.1, 0.15) is 12.0 Å². The third kappa shape index (κ3) is 2.17. The predicted molar refractivity (Wildman–Crippen MR) is 66.8 cm³/mol. The Morgan fingerprint density at radius 3 is 2.94 bits per heavy atom. The topological polar surface area (TPSA) is 44.1 Å². The monoisotopic (exact) mass is 246 g/mol. The summed E-state index contributed by atoms with van der Waals surface area (Å²) in [4.78, 5) is 13.5. The Balaban J connectivity index is 2.38. The molecule has 0 bridgehead atoms. The number of benzene rings is 1. The van der Waals surface area contributed by atoms with E-state index >= 15 is 0 Å². The quantitative estimate of drug-likeness (QED) is 0.753. The Kier molecular flexibility index (Phi) is 3.16. The molecule has 0 aromatic heterocycles. The number of halogens is 1. The predicted octanol–water partition coefficient (Wildman–Crippen LogP) is 2.75. The fraction of sp³-hybridized carbons (Fsp3) is 0.231. The van der Waals surface area contributed by atoms with Crippen LogP contribution in [-0.4, -0.2) is 12.5 Å². The van der Waals surface area contributed by atoms with E-state index in [1.807, 2.05) is 0 Å². The first kappa shape index (κ1) is 11.7. The van der Waals surface area contributed by atoms with Gasteiger partial charge in [0, 0.05) is 23.9 Å². The molecule has 0 saturated carbocycles. The SMILES string of the molecule is C=CC1CC(=O)N(c2ccc(Cl)cc2C#N)C1. The normalized spacial score (nSPS) is 19.2. The van der Waals surface area contributed by atoms with Crippen LogP contribution in [0.25, 0.3) is 0 Å². The second kappa shape index (κ2) is 4.60. The highest BCUT2D eigenvalue weighted by Crippen LogP contribution is 2.29. The first-order valence-electron chi connectivity index (χ1n) is 5.28. The Labute approximate surface area is 105 Å². The molecule has 17 heavy (non-hydrogen) atoms. The molecule has 0 radical (unpaired) electrons. The lowest BCUT2D eigenvalue weighted by Gasteiger charge is -2.17. The van der Waals surface area contributed by atoms with Crippen molar-refractivity contribution in [2.75, 3.05) is 11.4 Å². The van der Waals surface area contributed by atoms with Gasteiger partial charge in [-0.15, -0.1) is 6.58 Å². The van der Waals surface area contributed by atoms with Crippen LogP contribution >= 0.6 is 11.6 Å². The van der Waals surface area contributed by atoms with Crippen LogP contribution in [0.15, 0.2) is 30.9 Å². The van der Waals surface area contributed by atoms with Crippen molar-refractivity contribution in [1.82, 2.24) is 0 Å². The van der Waals surface area contributed by atoms with E-state index < -0.39 is 0 Å². The molecular formula is C13H11ClN2O. The number of carbonyl (C=O) groups is 1. The highest BCUT2D eigenvalue weighted by molar-refractivity contribution is 6.30. The maximum atomic E-state index is 11.8. The summed E-state index contributed by atoms with van der Waals surface area (Å²) in [7, 11) is 0. The summed E-state index contributed by atoms with van der Waals surface area (Å²) in [5.74, 6) is 0.179. The molecule has 1 atom stereocenters. The van der Waals surface area contributed by atoms with Gasteiger partial charge in [0.05, 0.1) is 11.3 Å². The van der Waals surface area contributed by atoms with Crippen LogP contribution in [0.3, 0.4) is 0 Å². The Morgan fingerprint density at radius 1 is 1.59 bits per heavy atom. The van der Waals surface area contributed by atoms with Crippen LogP contribution in [0.2, 0.25) is 5.02 Å². The smallest absolute Gasteiger partial charge is 0.227 e. The van der Waals surface area contributed by atoms with E-state index in [1.54, 1.807) is 29.2 Å². The van der Waals surface area contributed by atoms with Crippen LogP contribution in [0, 0.1) is 17.2 Å². The van der Waals surface area contributed by atoms with Crippen molar-refractivity contribution in [3.05, 3.63) is 41.4 Å². The van der Waals surface area contributed by atoms with Gasteiger partial charge in [-0.05, 0) is 18.2 Å². The number of rotatable bonds is 2. The van der Waals surface area contributed by atoms with Crippen LogP contribution in [-0.2, 0) is 4.79 Å². The molecule has 0 N–H and O–H groups in total. The van der Waals surface area contributed by atoms with Gasteiger partial charge in [-0.3, -0.25) is 4.79 Å². The first-order valence-corrected chi connectivity index (χ1v) is 5.66. The lowest BCUT2D eigenvalue weighted by molar-refractivity contribution is -0.117. The Bertz CT molecular complexity index is 519. The Morgan fingerprint density at radius 2 is 2.35 bits per heavy atom. The molecule has 1 aliphatic rings. The van der Waals surface area contributed by atoms with Crippen molar-refractivity contribution in [2.45, 2.75) is 6.42 Å². The molecular weight excluding hydrogens is 236 g/mol. The van der Waals surface area contributed by atoms with E-state index in [9.17, 15) is 4.79 Å². The minimum Gasteiger partial charge on any atom is -0.310 e. The Hall–Kier alpha value is -1.79. The van der Waals surface area contributed by atoms with Crippen molar-refractivity contribution in [3.8, 4) is 6.07 Å². The number of anilines is 1. The van der Waals surface area contributed by atoms with E-state index in [0.29, 0.717) is 29.2 Å². The maximum Gasteiger partial charge on any atom is 0.227 e. The lowest BCUT2D eigenvalue weighted by atomic mass is 10.1. The highest BCUT2D eigenvalue weighted by atomic mass is 35.5. The second-order valence-electron chi connectivity index (χ2n) is 3.98. The van der Waals surface area contributed by atoms with Crippen molar-refractivity contribution in [1.29, 1.82) is 5.26 Å². The molecule has 1 aromatic rings. The van der Waals surface area contributed by atoms with Gasteiger partial charge in [0.15, 0.2) is 0 Å². The van der Waals surface area contributed by atoms with Crippen LogP contribution < -0.4 is 4.90 Å². The standard InChI is InChI=1S/C13H11ClN2O/c1-2-9-5-13(17)16(8-9)12-4-3-11(14)6-10(12)7-15/h2-4,6,9H,1,5,8H2. The average molecular weight is 247 g/mol. The van der Waals surface area contributed by atoms with Gasteiger partial charge in [0.25, 0.3) is 0 Å². The summed E-state index contributed by atoms with van der Waals surface area (Å²) in [6.45, 7) is 4.28. The molecule has 1 unspecified atom stereocenters. The zero-order valence-electron chi connectivity index (χ0n) is 9.19. The van der Waals surface area contributed by atoms with Crippen molar-refractivity contribution in [3.63, 3.8) is 0 Å². The van der Waals surface area contributed by atoms with Gasteiger partial charge in [-0.2, -0.15) is 5.26 Å². The summed E-state index contributed by atoms with van der Waals surface area (Å²) in [6, 6.07) is 7.04. The summed E-state index contributed by atoms with van der Waals surface area (Å²) in [5, 5.41) is 9.54. The zero-order chi connectivity index (χ0) is 12.4. The van der Waals surface area contributed by atoms with Gasteiger partial charge >= 0.3 is 0 Å². The number of carbonyl (C=O) groups excluding carboxylic acids is 1. The molecule has 0 spiro atoms. The minimum atomic E-state index is 0.0220. The van der Waals surface area contributed by atoms with Gasteiger partial charge in [0.2, 0.25) is 5.91 Å². The number of nitrogens with zero attached hydrogens (tertiary/aromatic N) is 2. The number of hydrogen-bond acceptors (Lipinski definition) is 2. The van der Waals surface area contributed by atoms with Gasteiger partial charge in [-0.25, -0.2) is 0 Å². The summed E-state index contributed by atoms with van der Waals surface area (Å²) in [5.41, 5.74) is 1.06. The van der Waals surface area contributed by atoms with Crippen molar-refractivity contribution < 1.29 is 4.79 Å². The van der Waals surface area contributed by atoms with Gasteiger partial charge in [-0.1, -0.05) is 17.7 Å². The average Bonchev–Trinajstić information content (AvgIpc) is 2.70. The molecule has 2 rings (SSSR count). The first-order chi connectivity index (χ1) is 8.15. The molecule has 1 fully saturated rings. The molecule has 3 nitrogen and oxygen atoms in total. The molecule has 1 saturated heterocycles. The third-order valence-corrected chi connectivity index (χ3v) is 3.09. The molecule has 1 aliphatic heterocycles. The molecule has 1 heterocycles. The van der Waals surface area contributed by atoms with Crippen molar-refractivity contribution >= 4 is 23.2 Å². The van der Waals surface area contributed by atoms with Crippen molar-refractivity contribution in [2.24, 2.45) is 5.92 Å². The fourth-order valence-corrected chi connectivity index (χ4v) is 2.13. The lowest BCUT2D eigenvalue weighted by Crippen LogP contribution is -2.25. The zero-order valence-corrected chi connectivity index (χ0v) is 9.94. The molecule has 0 aliphatic carbocycles. The number of hydrogen-bond donors (Lipinski definition) is 0. The third-order valence-electron chi connectivity index (χ3n) is 2.86. The van der Waals surface area contributed by atoms with Crippen LogP contribution in [0.5, 0.6) is 0 Å². The maximum absolute atomic E-state index is 11.8. The minimum absolute atomic E-state index is 0.0220. The van der Waals surface area contributed by atoms with Gasteiger partial charge in [0.1, 0.15) is 6.07 Å².